The zero-order valence-electron chi connectivity index (χ0n) is 13.4. The average Bonchev–Trinajstić information content (AvgIpc) is 3.15. The summed E-state index contributed by atoms with van der Waals surface area (Å²) in [4.78, 5) is 8.37. The van der Waals surface area contributed by atoms with Crippen LogP contribution in [0, 0.1) is 6.92 Å². The number of nitrogens with zero attached hydrogens (tertiary/aromatic N) is 6. The van der Waals surface area contributed by atoms with Crippen LogP contribution in [0.4, 0.5) is 5.82 Å². The maximum Gasteiger partial charge on any atom is 0.263 e. The van der Waals surface area contributed by atoms with Gasteiger partial charge in [0.1, 0.15) is 23.9 Å². The van der Waals surface area contributed by atoms with Crippen LogP contribution < -0.4 is 5.32 Å². The van der Waals surface area contributed by atoms with Gasteiger partial charge in [0.2, 0.25) is 0 Å². The number of aromatic nitrogens is 6. The molecule has 0 saturated heterocycles. The minimum Gasteiger partial charge on any atom is -0.385 e. The van der Waals surface area contributed by atoms with Gasteiger partial charge in [-0.25, -0.2) is 4.98 Å². The molecule has 1 N–H and O–H groups in total. The molecule has 9 heteroatoms. The lowest BCUT2D eigenvalue weighted by molar-refractivity contribution is 0.190. The van der Waals surface area contributed by atoms with Crippen molar-refractivity contribution in [2.45, 2.75) is 32.9 Å². The van der Waals surface area contributed by atoms with Gasteiger partial charge >= 0.3 is 0 Å². The summed E-state index contributed by atoms with van der Waals surface area (Å²) in [6.45, 7) is 5.37. The highest BCUT2D eigenvalue weighted by Crippen LogP contribution is 2.25. The molecule has 3 heterocycles. The Balaban J connectivity index is 1.80. The average molecular weight is 317 g/mol. The van der Waals surface area contributed by atoms with Gasteiger partial charge in [-0.05, 0) is 20.3 Å². The topological polar surface area (TPSA) is 104 Å². The molecule has 0 aromatic carbocycles. The monoisotopic (exact) mass is 317 g/mol. The second kappa shape index (κ2) is 6.69. The molecule has 0 aliphatic carbocycles. The summed E-state index contributed by atoms with van der Waals surface area (Å²) in [7, 11) is 1.69. The van der Waals surface area contributed by atoms with Gasteiger partial charge < -0.3 is 19.1 Å². The van der Waals surface area contributed by atoms with E-state index in [9.17, 15) is 0 Å². The summed E-state index contributed by atoms with van der Waals surface area (Å²) in [6.07, 6.45) is 4.07. The molecule has 0 saturated carbocycles. The maximum absolute atomic E-state index is 5.16. The zero-order valence-corrected chi connectivity index (χ0v) is 13.4. The number of ether oxygens (including phenoxy) is 1. The van der Waals surface area contributed by atoms with Gasteiger partial charge in [0, 0.05) is 20.3 Å². The van der Waals surface area contributed by atoms with E-state index in [0.717, 1.165) is 29.9 Å². The zero-order chi connectivity index (χ0) is 16.2. The molecule has 3 rings (SSSR count). The first kappa shape index (κ1) is 15.3. The first-order chi connectivity index (χ1) is 11.2. The van der Waals surface area contributed by atoms with Gasteiger partial charge in [-0.1, -0.05) is 5.16 Å². The Morgan fingerprint density at radius 2 is 2.26 bits per heavy atom. The molecule has 0 radical (unpaired) electrons. The molecule has 122 valence electrons. The van der Waals surface area contributed by atoms with E-state index in [4.69, 9.17) is 9.26 Å². The van der Waals surface area contributed by atoms with E-state index in [2.05, 4.69) is 30.6 Å². The standard InChI is InChI=1S/C14H19N7O2/c1-9-11-12(15-7-16-14(11)23-20-9)18-10(2)13-19-17-8-21(13)5-4-6-22-3/h7-8,10H,4-6H2,1-3H3,(H,15,16,18). The third kappa shape index (κ3) is 3.14. The van der Waals surface area contributed by atoms with Crippen LogP contribution in [0.5, 0.6) is 0 Å². The number of hydrogen-bond donors (Lipinski definition) is 1. The van der Waals surface area contributed by atoms with Gasteiger partial charge in [-0.15, -0.1) is 10.2 Å². The van der Waals surface area contributed by atoms with E-state index in [0.29, 0.717) is 18.1 Å². The van der Waals surface area contributed by atoms with Gasteiger partial charge in [-0.2, -0.15) is 4.98 Å². The minimum atomic E-state index is -0.0764. The Hall–Kier alpha value is -2.55. The van der Waals surface area contributed by atoms with Crippen molar-refractivity contribution in [2.75, 3.05) is 19.0 Å². The number of rotatable bonds is 7. The van der Waals surface area contributed by atoms with Crippen molar-refractivity contribution >= 4 is 16.9 Å². The van der Waals surface area contributed by atoms with Gasteiger partial charge in [0.25, 0.3) is 5.71 Å². The lowest BCUT2D eigenvalue weighted by Crippen LogP contribution is -2.15. The van der Waals surface area contributed by atoms with Crippen molar-refractivity contribution in [1.82, 2.24) is 29.9 Å². The summed E-state index contributed by atoms with van der Waals surface area (Å²) in [5, 5.41) is 16.3. The van der Waals surface area contributed by atoms with Crippen LogP contribution in [0.1, 0.15) is 30.9 Å². The van der Waals surface area contributed by atoms with E-state index < -0.39 is 0 Å². The molecule has 1 unspecified atom stereocenters. The fourth-order valence-electron chi connectivity index (χ4n) is 2.45. The van der Waals surface area contributed by atoms with Crippen molar-refractivity contribution in [3.8, 4) is 0 Å². The van der Waals surface area contributed by atoms with Crippen molar-refractivity contribution in [3.05, 3.63) is 24.2 Å². The van der Waals surface area contributed by atoms with Crippen molar-refractivity contribution < 1.29 is 9.26 Å². The molecule has 0 aliphatic heterocycles. The van der Waals surface area contributed by atoms with Crippen LogP contribution in [-0.2, 0) is 11.3 Å². The molecular weight excluding hydrogens is 298 g/mol. The highest BCUT2D eigenvalue weighted by molar-refractivity contribution is 5.87. The van der Waals surface area contributed by atoms with E-state index in [1.807, 2.05) is 18.4 Å². The molecule has 0 aliphatic rings. The highest BCUT2D eigenvalue weighted by atomic mass is 16.5. The number of methoxy groups -OCH3 is 1. The predicted molar refractivity (Wildman–Crippen MR) is 82.9 cm³/mol. The third-order valence-electron chi connectivity index (χ3n) is 3.58. The Bertz CT molecular complexity index is 782. The van der Waals surface area contributed by atoms with E-state index >= 15 is 0 Å². The van der Waals surface area contributed by atoms with Crippen LogP contribution in [0.3, 0.4) is 0 Å². The second-order valence-electron chi connectivity index (χ2n) is 5.27. The fourth-order valence-corrected chi connectivity index (χ4v) is 2.45. The summed E-state index contributed by atoms with van der Waals surface area (Å²) in [6, 6.07) is -0.0764. The first-order valence-electron chi connectivity index (χ1n) is 7.41. The normalized spacial score (nSPS) is 12.7. The number of nitrogens with one attached hydrogen (secondary N) is 1. The molecule has 1 atom stereocenters. The number of aryl methyl sites for hydroxylation is 2. The van der Waals surface area contributed by atoms with Crippen molar-refractivity contribution in [2.24, 2.45) is 0 Å². The smallest absolute Gasteiger partial charge is 0.263 e. The number of hydrogen-bond acceptors (Lipinski definition) is 8. The lowest BCUT2D eigenvalue weighted by atomic mass is 10.2. The number of anilines is 1. The largest absolute Gasteiger partial charge is 0.385 e. The van der Waals surface area contributed by atoms with Crippen LogP contribution in [0.2, 0.25) is 0 Å². The molecule has 0 fully saturated rings. The molecule has 0 amide bonds. The summed E-state index contributed by atoms with van der Waals surface area (Å²) in [5.41, 5.74) is 1.21. The Kier molecular flexibility index (Phi) is 4.47. The van der Waals surface area contributed by atoms with Gasteiger partial charge in [0.15, 0.2) is 5.82 Å². The molecule has 9 nitrogen and oxygen atoms in total. The predicted octanol–water partition coefficient (Wildman–Crippen LogP) is 1.73. The second-order valence-corrected chi connectivity index (χ2v) is 5.27. The summed E-state index contributed by atoms with van der Waals surface area (Å²) >= 11 is 0. The van der Waals surface area contributed by atoms with Gasteiger partial charge in [-0.3, -0.25) is 0 Å². The third-order valence-corrected chi connectivity index (χ3v) is 3.58. The molecule has 0 bridgehead atoms. The van der Waals surface area contributed by atoms with Crippen molar-refractivity contribution in [3.63, 3.8) is 0 Å². The van der Waals surface area contributed by atoms with Crippen LogP contribution >= 0.6 is 0 Å². The molecule has 23 heavy (non-hydrogen) atoms. The van der Waals surface area contributed by atoms with E-state index in [-0.39, 0.29) is 6.04 Å². The minimum absolute atomic E-state index is 0.0764. The highest BCUT2D eigenvalue weighted by Gasteiger charge is 2.17. The van der Waals surface area contributed by atoms with Crippen LogP contribution in [0.25, 0.3) is 11.1 Å². The molecular formula is C14H19N7O2. The maximum atomic E-state index is 5.16. The van der Waals surface area contributed by atoms with Crippen molar-refractivity contribution in [1.29, 1.82) is 0 Å². The van der Waals surface area contributed by atoms with E-state index in [1.165, 1.54) is 6.33 Å². The first-order valence-corrected chi connectivity index (χ1v) is 7.41. The fraction of sp³-hybridized carbons (Fsp3) is 0.500. The Morgan fingerprint density at radius 3 is 3.09 bits per heavy atom. The molecule has 0 spiro atoms. The summed E-state index contributed by atoms with van der Waals surface area (Å²) in [5.74, 6) is 1.51. The quantitative estimate of drug-likeness (QED) is 0.657. The van der Waals surface area contributed by atoms with Crippen LogP contribution in [0.15, 0.2) is 17.2 Å². The van der Waals surface area contributed by atoms with Gasteiger partial charge in [0.05, 0.1) is 11.7 Å². The SMILES string of the molecule is COCCCn1cnnc1C(C)Nc1ncnc2onc(C)c12. The summed E-state index contributed by atoms with van der Waals surface area (Å²) < 4.78 is 12.3. The number of fused-ring (bicyclic) bond motifs is 1. The van der Waals surface area contributed by atoms with Crippen LogP contribution in [-0.4, -0.2) is 43.6 Å². The lowest BCUT2D eigenvalue weighted by Gasteiger charge is -2.15. The van der Waals surface area contributed by atoms with E-state index in [1.54, 1.807) is 13.4 Å². The Morgan fingerprint density at radius 1 is 1.39 bits per heavy atom. The Labute approximate surface area is 133 Å². The molecule has 3 aromatic rings. The molecule has 3 aromatic heterocycles.